The molecule has 0 unspecified atom stereocenters. The van der Waals surface area contributed by atoms with Crippen LogP contribution in [-0.4, -0.2) is 23.9 Å². The summed E-state index contributed by atoms with van der Waals surface area (Å²) in [6.07, 6.45) is 3.67. The van der Waals surface area contributed by atoms with Crippen molar-refractivity contribution in [3.63, 3.8) is 0 Å². The minimum atomic E-state index is 0. The third kappa shape index (κ3) is 3.69. The second-order valence-electron chi connectivity index (χ2n) is 5.17. The smallest absolute Gasteiger partial charge is 0.245 e. The van der Waals surface area contributed by atoms with Crippen LogP contribution in [-0.2, 0) is 4.79 Å². The number of nitrogens with zero attached hydrogens (tertiary/aromatic N) is 1. The SMILES string of the molecule is C.C=CC(=O)N1CCC(C(C)(C)C)CC1. The first-order chi connectivity index (χ1) is 6.45. The number of hydrogen-bond acceptors (Lipinski definition) is 1. The number of likely N-dealkylation sites (tertiary alicyclic amines) is 1. The van der Waals surface area contributed by atoms with Gasteiger partial charge < -0.3 is 4.90 Å². The molecule has 0 aromatic heterocycles. The van der Waals surface area contributed by atoms with Gasteiger partial charge in [-0.3, -0.25) is 4.79 Å². The van der Waals surface area contributed by atoms with E-state index < -0.39 is 0 Å². The minimum Gasteiger partial charge on any atom is -0.339 e. The molecular formula is C13H25NO. The zero-order chi connectivity index (χ0) is 10.8. The van der Waals surface area contributed by atoms with Crippen molar-refractivity contribution >= 4 is 5.91 Å². The molecule has 1 heterocycles. The third-order valence-corrected chi connectivity index (χ3v) is 3.21. The Bertz CT molecular complexity index is 219. The van der Waals surface area contributed by atoms with E-state index in [4.69, 9.17) is 0 Å². The normalized spacial score (nSPS) is 18.2. The molecule has 0 aliphatic carbocycles. The van der Waals surface area contributed by atoms with E-state index >= 15 is 0 Å². The minimum absolute atomic E-state index is 0. The molecule has 1 aliphatic heterocycles. The molecule has 1 rings (SSSR count). The number of rotatable bonds is 1. The van der Waals surface area contributed by atoms with E-state index in [1.165, 1.54) is 6.08 Å². The lowest BCUT2D eigenvalue weighted by atomic mass is 9.75. The zero-order valence-corrected chi connectivity index (χ0v) is 9.55. The van der Waals surface area contributed by atoms with Gasteiger partial charge in [0.05, 0.1) is 0 Å². The maximum atomic E-state index is 11.3. The first kappa shape index (κ1) is 14.2. The molecule has 0 atom stereocenters. The Labute approximate surface area is 94.4 Å². The van der Waals surface area contributed by atoms with E-state index in [-0.39, 0.29) is 13.3 Å². The van der Waals surface area contributed by atoms with Crippen molar-refractivity contribution < 1.29 is 4.79 Å². The number of carbonyl (C=O) groups excluding carboxylic acids is 1. The molecule has 1 aliphatic rings. The van der Waals surface area contributed by atoms with Gasteiger partial charge in [0, 0.05) is 13.1 Å². The molecule has 0 bridgehead atoms. The molecular weight excluding hydrogens is 186 g/mol. The standard InChI is InChI=1S/C12H21NO.CH4/c1-5-11(14)13-8-6-10(7-9-13)12(2,3)4;/h5,10H,1,6-9H2,2-4H3;1H4. The van der Waals surface area contributed by atoms with Gasteiger partial charge >= 0.3 is 0 Å². The van der Waals surface area contributed by atoms with Crippen LogP contribution in [0.5, 0.6) is 0 Å². The first-order valence-corrected chi connectivity index (χ1v) is 5.36. The van der Waals surface area contributed by atoms with Crippen LogP contribution in [0, 0.1) is 11.3 Å². The van der Waals surface area contributed by atoms with Gasteiger partial charge in [0.1, 0.15) is 0 Å². The highest BCUT2D eigenvalue weighted by atomic mass is 16.2. The topological polar surface area (TPSA) is 20.3 Å². The highest BCUT2D eigenvalue weighted by molar-refractivity contribution is 5.87. The van der Waals surface area contributed by atoms with Crippen LogP contribution in [0.3, 0.4) is 0 Å². The summed E-state index contributed by atoms with van der Waals surface area (Å²) in [5.74, 6) is 0.828. The molecule has 0 aromatic rings. The highest BCUT2D eigenvalue weighted by Gasteiger charge is 2.29. The monoisotopic (exact) mass is 211 g/mol. The van der Waals surface area contributed by atoms with E-state index in [1.54, 1.807) is 0 Å². The summed E-state index contributed by atoms with van der Waals surface area (Å²) in [6, 6.07) is 0. The van der Waals surface area contributed by atoms with E-state index in [2.05, 4.69) is 27.4 Å². The van der Waals surface area contributed by atoms with Gasteiger partial charge in [-0.2, -0.15) is 0 Å². The molecule has 1 fully saturated rings. The summed E-state index contributed by atoms with van der Waals surface area (Å²) >= 11 is 0. The number of carbonyl (C=O) groups is 1. The first-order valence-electron chi connectivity index (χ1n) is 5.36. The van der Waals surface area contributed by atoms with Crippen molar-refractivity contribution in [3.05, 3.63) is 12.7 Å². The Kier molecular flexibility index (Phi) is 5.06. The summed E-state index contributed by atoms with van der Waals surface area (Å²) in [6.45, 7) is 12.1. The maximum absolute atomic E-state index is 11.3. The molecule has 2 nitrogen and oxygen atoms in total. The van der Waals surface area contributed by atoms with E-state index in [0.717, 1.165) is 31.8 Å². The van der Waals surface area contributed by atoms with Crippen LogP contribution in [0.2, 0.25) is 0 Å². The van der Waals surface area contributed by atoms with Crippen molar-refractivity contribution in [1.29, 1.82) is 0 Å². The summed E-state index contributed by atoms with van der Waals surface area (Å²) in [5, 5.41) is 0. The molecule has 0 saturated carbocycles. The summed E-state index contributed by atoms with van der Waals surface area (Å²) < 4.78 is 0. The number of hydrogen-bond donors (Lipinski definition) is 0. The Morgan fingerprint density at radius 2 is 1.80 bits per heavy atom. The van der Waals surface area contributed by atoms with E-state index in [0.29, 0.717) is 5.41 Å². The Balaban J connectivity index is 0.00000196. The van der Waals surface area contributed by atoms with Gasteiger partial charge in [0.15, 0.2) is 0 Å². The predicted octanol–water partition coefficient (Wildman–Crippen LogP) is 3.09. The Morgan fingerprint density at radius 1 is 1.33 bits per heavy atom. The zero-order valence-electron chi connectivity index (χ0n) is 9.55. The van der Waals surface area contributed by atoms with Gasteiger partial charge in [0.25, 0.3) is 0 Å². The Morgan fingerprint density at radius 3 is 2.13 bits per heavy atom. The third-order valence-electron chi connectivity index (χ3n) is 3.21. The highest BCUT2D eigenvalue weighted by Crippen LogP contribution is 2.34. The molecule has 1 saturated heterocycles. The average molecular weight is 211 g/mol. The van der Waals surface area contributed by atoms with Crippen molar-refractivity contribution in [2.75, 3.05) is 13.1 Å². The largest absolute Gasteiger partial charge is 0.339 e. The van der Waals surface area contributed by atoms with Crippen molar-refractivity contribution in [2.24, 2.45) is 11.3 Å². The van der Waals surface area contributed by atoms with Crippen LogP contribution in [0.15, 0.2) is 12.7 Å². The van der Waals surface area contributed by atoms with E-state index in [9.17, 15) is 4.79 Å². The van der Waals surface area contributed by atoms with Crippen LogP contribution in [0.25, 0.3) is 0 Å². The quantitative estimate of drug-likeness (QED) is 0.610. The predicted molar refractivity (Wildman–Crippen MR) is 65.7 cm³/mol. The maximum Gasteiger partial charge on any atom is 0.245 e. The number of amides is 1. The van der Waals surface area contributed by atoms with Crippen molar-refractivity contribution in [2.45, 2.75) is 41.0 Å². The lowest BCUT2D eigenvalue weighted by molar-refractivity contribution is -0.127. The lowest BCUT2D eigenvalue weighted by Gasteiger charge is -2.38. The van der Waals surface area contributed by atoms with Gasteiger partial charge in [-0.15, -0.1) is 0 Å². The molecule has 0 aromatic carbocycles. The molecule has 15 heavy (non-hydrogen) atoms. The molecule has 2 heteroatoms. The summed E-state index contributed by atoms with van der Waals surface area (Å²) in [5.41, 5.74) is 0.378. The Hall–Kier alpha value is -0.790. The molecule has 1 amide bonds. The van der Waals surface area contributed by atoms with Gasteiger partial charge in [-0.25, -0.2) is 0 Å². The van der Waals surface area contributed by atoms with Gasteiger partial charge in [-0.05, 0) is 30.3 Å². The van der Waals surface area contributed by atoms with Crippen LogP contribution < -0.4 is 0 Å². The van der Waals surface area contributed by atoms with Crippen LogP contribution >= 0.6 is 0 Å². The lowest BCUT2D eigenvalue weighted by Crippen LogP contribution is -2.40. The average Bonchev–Trinajstić information content (AvgIpc) is 2.15. The summed E-state index contributed by atoms with van der Waals surface area (Å²) in [4.78, 5) is 13.2. The fraction of sp³-hybridized carbons (Fsp3) is 0.769. The van der Waals surface area contributed by atoms with Crippen LogP contribution in [0.4, 0.5) is 0 Å². The van der Waals surface area contributed by atoms with Crippen molar-refractivity contribution in [1.82, 2.24) is 4.90 Å². The molecule has 88 valence electrons. The van der Waals surface area contributed by atoms with Gasteiger partial charge in [0.2, 0.25) is 5.91 Å². The molecule has 0 spiro atoms. The van der Waals surface area contributed by atoms with E-state index in [1.807, 2.05) is 4.90 Å². The number of piperidine rings is 1. The second-order valence-corrected chi connectivity index (χ2v) is 5.17. The van der Waals surface area contributed by atoms with Crippen molar-refractivity contribution in [3.8, 4) is 0 Å². The van der Waals surface area contributed by atoms with Crippen LogP contribution in [0.1, 0.15) is 41.0 Å². The summed E-state index contributed by atoms with van der Waals surface area (Å²) in [7, 11) is 0. The fourth-order valence-corrected chi connectivity index (χ4v) is 2.09. The fourth-order valence-electron chi connectivity index (χ4n) is 2.09. The molecule has 0 radical (unpaired) electrons. The molecule has 0 N–H and O–H groups in total. The second kappa shape index (κ2) is 5.34. The van der Waals surface area contributed by atoms with Gasteiger partial charge in [-0.1, -0.05) is 34.8 Å².